The summed E-state index contributed by atoms with van der Waals surface area (Å²) in [6, 6.07) is 4.78. The van der Waals surface area contributed by atoms with E-state index in [0.717, 1.165) is 24.8 Å². The molecule has 0 fully saturated rings. The summed E-state index contributed by atoms with van der Waals surface area (Å²) in [5.74, 6) is -1.32. The number of benzene rings is 1. The second-order valence-electron chi connectivity index (χ2n) is 4.33. The zero-order valence-electron chi connectivity index (χ0n) is 9.69. The molecule has 90 valence electrons. The molecule has 0 spiro atoms. The quantitative estimate of drug-likeness (QED) is 0.828. The van der Waals surface area contributed by atoms with Gasteiger partial charge < -0.3 is 10.4 Å². The molecule has 17 heavy (non-hydrogen) atoms. The highest BCUT2D eigenvalue weighted by Gasteiger charge is 2.21. The van der Waals surface area contributed by atoms with Gasteiger partial charge in [0.15, 0.2) is 0 Å². The number of aryl methyl sites for hydroxylation is 1. The Labute approximate surface area is 99.6 Å². The molecule has 0 bridgehead atoms. The van der Waals surface area contributed by atoms with Gasteiger partial charge in [-0.3, -0.25) is 9.59 Å². The van der Waals surface area contributed by atoms with E-state index in [2.05, 4.69) is 5.32 Å². The van der Waals surface area contributed by atoms with Gasteiger partial charge in [-0.25, -0.2) is 0 Å². The molecule has 0 aliphatic heterocycles. The molecule has 1 aromatic rings. The van der Waals surface area contributed by atoms with Gasteiger partial charge in [-0.15, -0.1) is 0 Å². The molecular weight excluding hydrogens is 218 g/mol. The van der Waals surface area contributed by atoms with Crippen LogP contribution in [0.25, 0.3) is 0 Å². The number of carbonyl (C=O) groups excluding carboxylic acids is 1. The van der Waals surface area contributed by atoms with E-state index in [1.165, 1.54) is 12.5 Å². The predicted octanol–water partition coefficient (Wildman–Crippen LogP) is 1.38. The molecule has 2 rings (SSSR count). The molecular formula is C13H15NO3. The van der Waals surface area contributed by atoms with E-state index >= 15 is 0 Å². The Morgan fingerprint density at radius 3 is 2.82 bits per heavy atom. The van der Waals surface area contributed by atoms with Crippen molar-refractivity contribution >= 4 is 11.9 Å². The Balaban J connectivity index is 2.20. The van der Waals surface area contributed by atoms with Crippen LogP contribution in [0.1, 0.15) is 34.8 Å². The smallest absolute Gasteiger partial charge is 0.325 e. The lowest BCUT2D eigenvalue weighted by molar-refractivity contribution is -0.138. The van der Waals surface area contributed by atoms with Crippen molar-refractivity contribution in [1.29, 1.82) is 0 Å². The van der Waals surface area contributed by atoms with Crippen LogP contribution in [0, 0.1) is 0 Å². The van der Waals surface area contributed by atoms with Gasteiger partial charge in [0.25, 0.3) is 5.91 Å². The molecule has 1 aromatic carbocycles. The first-order chi connectivity index (χ1) is 8.09. The predicted molar refractivity (Wildman–Crippen MR) is 63.0 cm³/mol. The van der Waals surface area contributed by atoms with Crippen molar-refractivity contribution in [3.8, 4) is 0 Å². The van der Waals surface area contributed by atoms with Gasteiger partial charge in [-0.1, -0.05) is 12.1 Å². The van der Waals surface area contributed by atoms with Crippen molar-refractivity contribution in [3.05, 3.63) is 34.9 Å². The standard InChI is InChI=1S/C13H15NO3/c1-8(13(16)17)14-12(15)11-7-3-5-9-4-2-6-10(9)11/h3,5,7-8H,2,4,6H2,1H3,(H,14,15)(H,16,17)/t8-/m1/s1. The fourth-order valence-corrected chi connectivity index (χ4v) is 2.17. The minimum atomic E-state index is -1.02. The lowest BCUT2D eigenvalue weighted by Crippen LogP contribution is -2.38. The molecule has 0 saturated carbocycles. The third kappa shape index (κ3) is 2.30. The zero-order chi connectivity index (χ0) is 12.4. The summed E-state index contributed by atoms with van der Waals surface area (Å²) in [6.45, 7) is 1.46. The number of rotatable bonds is 3. The number of carboxylic acid groups (broad SMARTS) is 1. The molecule has 1 aliphatic rings. The van der Waals surface area contributed by atoms with Gasteiger partial charge in [0.1, 0.15) is 6.04 Å². The number of carboxylic acids is 1. The van der Waals surface area contributed by atoms with E-state index in [1.54, 1.807) is 6.07 Å². The molecule has 0 unspecified atom stereocenters. The van der Waals surface area contributed by atoms with Gasteiger partial charge >= 0.3 is 5.97 Å². The Bertz CT molecular complexity index is 468. The molecule has 4 nitrogen and oxygen atoms in total. The first kappa shape index (κ1) is 11.6. The second kappa shape index (κ2) is 4.57. The topological polar surface area (TPSA) is 66.4 Å². The Hall–Kier alpha value is -1.84. The number of nitrogens with one attached hydrogen (secondary N) is 1. The van der Waals surface area contributed by atoms with E-state index < -0.39 is 12.0 Å². The highest BCUT2D eigenvalue weighted by Crippen LogP contribution is 2.25. The molecule has 0 saturated heterocycles. The third-order valence-electron chi connectivity index (χ3n) is 3.11. The highest BCUT2D eigenvalue weighted by molar-refractivity contribution is 5.98. The van der Waals surface area contributed by atoms with Crippen LogP contribution in [0.5, 0.6) is 0 Å². The summed E-state index contributed by atoms with van der Waals surface area (Å²) in [7, 11) is 0. The number of hydrogen-bond donors (Lipinski definition) is 2. The number of amides is 1. The molecule has 1 atom stereocenters. The van der Waals surface area contributed by atoms with Gasteiger partial charge in [0.2, 0.25) is 0 Å². The maximum atomic E-state index is 11.9. The van der Waals surface area contributed by atoms with Gasteiger partial charge in [-0.05, 0) is 43.4 Å². The van der Waals surface area contributed by atoms with Crippen molar-refractivity contribution in [3.63, 3.8) is 0 Å². The Kier molecular flexibility index (Phi) is 3.13. The van der Waals surface area contributed by atoms with Crippen molar-refractivity contribution in [2.24, 2.45) is 0 Å². The van der Waals surface area contributed by atoms with E-state index in [-0.39, 0.29) is 5.91 Å². The van der Waals surface area contributed by atoms with Crippen LogP contribution in [0.15, 0.2) is 18.2 Å². The largest absolute Gasteiger partial charge is 0.480 e. The van der Waals surface area contributed by atoms with Crippen molar-refractivity contribution in [2.75, 3.05) is 0 Å². The number of carbonyl (C=O) groups is 2. The van der Waals surface area contributed by atoms with Crippen LogP contribution in [0.3, 0.4) is 0 Å². The van der Waals surface area contributed by atoms with E-state index in [4.69, 9.17) is 5.11 Å². The number of fused-ring (bicyclic) bond motifs is 1. The van der Waals surface area contributed by atoms with Crippen LogP contribution in [0.4, 0.5) is 0 Å². The van der Waals surface area contributed by atoms with Crippen LogP contribution >= 0.6 is 0 Å². The van der Waals surface area contributed by atoms with Crippen molar-refractivity contribution in [2.45, 2.75) is 32.2 Å². The van der Waals surface area contributed by atoms with Gasteiger partial charge in [0, 0.05) is 5.56 Å². The Morgan fingerprint density at radius 2 is 2.12 bits per heavy atom. The van der Waals surface area contributed by atoms with Gasteiger partial charge in [-0.2, -0.15) is 0 Å². The van der Waals surface area contributed by atoms with Crippen molar-refractivity contribution in [1.82, 2.24) is 5.32 Å². The lowest BCUT2D eigenvalue weighted by Gasteiger charge is -2.12. The van der Waals surface area contributed by atoms with E-state index in [0.29, 0.717) is 5.56 Å². The number of hydrogen-bond acceptors (Lipinski definition) is 2. The highest BCUT2D eigenvalue weighted by atomic mass is 16.4. The molecule has 2 N–H and O–H groups in total. The summed E-state index contributed by atoms with van der Waals surface area (Å²) in [4.78, 5) is 22.6. The lowest BCUT2D eigenvalue weighted by atomic mass is 10.0. The SMILES string of the molecule is C[C@@H](NC(=O)c1cccc2c1CCC2)C(=O)O. The molecule has 0 aromatic heterocycles. The van der Waals surface area contributed by atoms with Crippen LogP contribution < -0.4 is 5.32 Å². The molecule has 0 heterocycles. The first-order valence-electron chi connectivity index (χ1n) is 5.74. The van der Waals surface area contributed by atoms with Crippen LogP contribution in [0.2, 0.25) is 0 Å². The minimum Gasteiger partial charge on any atom is -0.480 e. The zero-order valence-corrected chi connectivity index (χ0v) is 9.69. The van der Waals surface area contributed by atoms with E-state index in [1.807, 2.05) is 12.1 Å². The fourth-order valence-electron chi connectivity index (χ4n) is 2.17. The third-order valence-corrected chi connectivity index (χ3v) is 3.11. The summed E-state index contributed by atoms with van der Waals surface area (Å²) in [5.41, 5.74) is 2.90. The summed E-state index contributed by atoms with van der Waals surface area (Å²) < 4.78 is 0. The maximum Gasteiger partial charge on any atom is 0.325 e. The monoisotopic (exact) mass is 233 g/mol. The molecule has 0 radical (unpaired) electrons. The normalized spacial score (nSPS) is 15.1. The fraction of sp³-hybridized carbons (Fsp3) is 0.385. The molecule has 1 aliphatic carbocycles. The molecule has 4 heteroatoms. The van der Waals surface area contributed by atoms with Crippen LogP contribution in [-0.4, -0.2) is 23.0 Å². The first-order valence-corrected chi connectivity index (χ1v) is 5.74. The van der Waals surface area contributed by atoms with E-state index in [9.17, 15) is 9.59 Å². The van der Waals surface area contributed by atoms with Crippen molar-refractivity contribution < 1.29 is 14.7 Å². The maximum absolute atomic E-state index is 11.9. The van der Waals surface area contributed by atoms with Crippen LogP contribution in [-0.2, 0) is 17.6 Å². The summed E-state index contributed by atoms with van der Waals surface area (Å²) >= 11 is 0. The average Bonchev–Trinajstić information content (AvgIpc) is 2.76. The number of aliphatic carboxylic acids is 1. The average molecular weight is 233 g/mol. The summed E-state index contributed by atoms with van der Waals surface area (Å²) in [5, 5.41) is 11.2. The second-order valence-corrected chi connectivity index (χ2v) is 4.33. The summed E-state index contributed by atoms with van der Waals surface area (Å²) in [6.07, 6.45) is 2.97. The Morgan fingerprint density at radius 1 is 1.35 bits per heavy atom. The molecule has 1 amide bonds. The minimum absolute atomic E-state index is 0.293. The van der Waals surface area contributed by atoms with Gasteiger partial charge in [0.05, 0.1) is 0 Å².